The van der Waals surface area contributed by atoms with Gasteiger partial charge in [0, 0.05) is 11.0 Å². The first kappa shape index (κ1) is 20.9. The van der Waals surface area contributed by atoms with Gasteiger partial charge >= 0.3 is 0 Å². The van der Waals surface area contributed by atoms with E-state index >= 15 is 0 Å². The molecular formula is C25H24ClN3O3. The highest BCUT2D eigenvalue weighted by Crippen LogP contribution is 2.42. The minimum atomic E-state index is -0.448. The molecule has 2 aromatic heterocycles. The Hall–Kier alpha value is -2.93. The maximum Gasteiger partial charge on any atom is 0.296 e. The Morgan fingerprint density at radius 3 is 2.19 bits per heavy atom. The van der Waals surface area contributed by atoms with E-state index in [9.17, 15) is 10.2 Å². The van der Waals surface area contributed by atoms with Gasteiger partial charge in [0.1, 0.15) is 6.10 Å². The van der Waals surface area contributed by atoms with E-state index in [4.69, 9.17) is 16.3 Å². The molecule has 0 unspecified atom stereocenters. The van der Waals surface area contributed by atoms with Crippen LogP contribution in [0.3, 0.4) is 0 Å². The van der Waals surface area contributed by atoms with Crippen LogP contribution in [0.15, 0.2) is 54.6 Å². The van der Waals surface area contributed by atoms with Crippen LogP contribution in [0.1, 0.15) is 18.4 Å². The highest BCUT2D eigenvalue weighted by molar-refractivity contribution is 6.33. The predicted octanol–water partition coefficient (Wildman–Crippen LogP) is 4.77. The van der Waals surface area contributed by atoms with E-state index in [0.29, 0.717) is 40.7 Å². The summed E-state index contributed by atoms with van der Waals surface area (Å²) in [5.41, 5.74) is 5.86. The number of nitrogens with one attached hydrogen (secondary N) is 1. The SMILES string of the molecule is Cc1ccc(-c2ccc(-c3nc4nc(OC5CC(CO)(CO)C5)[nH]c4cc3Cl)cc2)cc1. The number of ether oxygens (including phenoxy) is 1. The van der Waals surface area contributed by atoms with Crippen molar-refractivity contribution in [2.45, 2.75) is 25.9 Å². The summed E-state index contributed by atoms with van der Waals surface area (Å²) in [5, 5.41) is 19.4. The molecule has 7 heteroatoms. The highest BCUT2D eigenvalue weighted by atomic mass is 35.5. The smallest absolute Gasteiger partial charge is 0.296 e. The summed E-state index contributed by atoms with van der Waals surface area (Å²) in [5.74, 6) is 0. The lowest BCUT2D eigenvalue weighted by molar-refractivity contribution is -0.0835. The minimum absolute atomic E-state index is 0.0489. The van der Waals surface area contributed by atoms with Crippen LogP contribution in [0.5, 0.6) is 6.01 Å². The van der Waals surface area contributed by atoms with Crippen LogP contribution >= 0.6 is 11.6 Å². The Morgan fingerprint density at radius 2 is 1.56 bits per heavy atom. The fraction of sp³-hybridized carbons (Fsp3) is 0.280. The number of imidazole rings is 1. The lowest BCUT2D eigenvalue weighted by Crippen LogP contribution is -2.49. The summed E-state index contributed by atoms with van der Waals surface area (Å²) in [6.07, 6.45) is 1.08. The van der Waals surface area contributed by atoms with Gasteiger partial charge in [0.25, 0.3) is 6.01 Å². The molecule has 0 aliphatic heterocycles. The predicted molar refractivity (Wildman–Crippen MR) is 125 cm³/mol. The summed E-state index contributed by atoms with van der Waals surface area (Å²) in [6.45, 7) is 1.98. The first-order valence-corrected chi connectivity index (χ1v) is 11.0. The van der Waals surface area contributed by atoms with Crippen molar-refractivity contribution in [3.8, 4) is 28.4 Å². The third kappa shape index (κ3) is 3.86. The number of aliphatic hydroxyl groups excluding tert-OH is 2. The number of aromatic nitrogens is 3. The number of H-pyrrole nitrogens is 1. The lowest BCUT2D eigenvalue weighted by Gasteiger charge is -2.44. The fourth-order valence-corrected chi connectivity index (χ4v) is 4.44. The Balaban J connectivity index is 1.37. The van der Waals surface area contributed by atoms with Crippen molar-refractivity contribution in [2.24, 2.45) is 5.41 Å². The molecule has 164 valence electrons. The monoisotopic (exact) mass is 449 g/mol. The van der Waals surface area contributed by atoms with Gasteiger partial charge in [-0.05, 0) is 37.0 Å². The lowest BCUT2D eigenvalue weighted by atomic mass is 9.68. The van der Waals surface area contributed by atoms with Crippen LogP contribution in [-0.2, 0) is 0 Å². The van der Waals surface area contributed by atoms with Gasteiger partial charge in [-0.15, -0.1) is 0 Å². The molecule has 1 fully saturated rings. The molecular weight excluding hydrogens is 426 g/mol. The number of hydrogen-bond acceptors (Lipinski definition) is 5. The second-order valence-corrected chi connectivity index (χ2v) is 9.05. The van der Waals surface area contributed by atoms with E-state index in [2.05, 4.69) is 58.3 Å². The van der Waals surface area contributed by atoms with Gasteiger partial charge in [-0.3, -0.25) is 0 Å². The van der Waals surface area contributed by atoms with E-state index in [1.807, 2.05) is 12.1 Å². The van der Waals surface area contributed by atoms with E-state index in [1.54, 1.807) is 6.07 Å². The molecule has 1 saturated carbocycles. The first-order valence-electron chi connectivity index (χ1n) is 10.6. The topological polar surface area (TPSA) is 91.3 Å². The minimum Gasteiger partial charge on any atom is -0.461 e. The summed E-state index contributed by atoms with van der Waals surface area (Å²) >= 11 is 6.53. The van der Waals surface area contributed by atoms with E-state index < -0.39 is 5.41 Å². The first-order chi connectivity index (χ1) is 15.5. The van der Waals surface area contributed by atoms with Crippen LogP contribution in [0.25, 0.3) is 33.5 Å². The maximum atomic E-state index is 9.43. The van der Waals surface area contributed by atoms with Crippen molar-refractivity contribution in [3.05, 3.63) is 65.2 Å². The highest BCUT2D eigenvalue weighted by Gasteiger charge is 2.45. The van der Waals surface area contributed by atoms with Crippen LogP contribution in [0, 0.1) is 12.3 Å². The van der Waals surface area contributed by atoms with E-state index in [-0.39, 0.29) is 19.3 Å². The number of nitrogens with zero attached hydrogens (tertiary/aromatic N) is 2. The zero-order valence-corrected chi connectivity index (χ0v) is 18.4. The average molecular weight is 450 g/mol. The van der Waals surface area contributed by atoms with Crippen LogP contribution < -0.4 is 4.74 Å². The molecule has 5 rings (SSSR count). The largest absolute Gasteiger partial charge is 0.461 e. The maximum absolute atomic E-state index is 9.43. The fourth-order valence-electron chi connectivity index (χ4n) is 4.18. The van der Waals surface area contributed by atoms with Crippen molar-refractivity contribution < 1.29 is 14.9 Å². The van der Waals surface area contributed by atoms with Gasteiger partial charge < -0.3 is 19.9 Å². The van der Waals surface area contributed by atoms with Crippen LogP contribution in [0.4, 0.5) is 0 Å². The van der Waals surface area contributed by atoms with Crippen molar-refractivity contribution in [1.82, 2.24) is 15.0 Å². The number of pyridine rings is 1. The standard InChI is InChI=1S/C25H24ClN3O3/c1-15-2-4-16(5-3-15)17-6-8-18(9-7-17)22-20(26)10-21-23(28-22)29-24(27-21)32-19-11-25(12-19,13-30)14-31/h2-10,19,30-31H,11-14H2,1H3,(H,27,28,29). The molecule has 1 aliphatic rings. The molecule has 2 aromatic carbocycles. The molecule has 6 nitrogen and oxygen atoms in total. The number of halogens is 1. The second-order valence-electron chi connectivity index (χ2n) is 8.64. The van der Waals surface area contributed by atoms with Crippen molar-refractivity contribution in [1.29, 1.82) is 0 Å². The molecule has 0 bridgehead atoms. The summed E-state index contributed by atoms with van der Waals surface area (Å²) < 4.78 is 5.88. The number of aliphatic hydroxyl groups is 2. The van der Waals surface area contributed by atoms with E-state index in [0.717, 1.165) is 16.7 Å². The number of hydrogen-bond donors (Lipinski definition) is 3. The molecule has 3 N–H and O–H groups in total. The van der Waals surface area contributed by atoms with Gasteiger partial charge in [-0.1, -0.05) is 65.7 Å². The molecule has 0 saturated heterocycles. The Kier molecular flexibility index (Phi) is 5.37. The van der Waals surface area contributed by atoms with Crippen molar-refractivity contribution in [2.75, 3.05) is 13.2 Å². The Labute approximate surface area is 190 Å². The van der Waals surface area contributed by atoms with E-state index in [1.165, 1.54) is 5.56 Å². The molecule has 32 heavy (non-hydrogen) atoms. The molecule has 1 aliphatic carbocycles. The summed E-state index contributed by atoms with van der Waals surface area (Å²) in [7, 11) is 0. The Morgan fingerprint density at radius 1 is 0.969 bits per heavy atom. The van der Waals surface area contributed by atoms with Gasteiger partial charge in [0.2, 0.25) is 0 Å². The molecule has 4 aromatic rings. The molecule has 0 radical (unpaired) electrons. The van der Waals surface area contributed by atoms with Crippen LogP contribution in [0.2, 0.25) is 5.02 Å². The molecule has 0 atom stereocenters. The molecule has 0 spiro atoms. The van der Waals surface area contributed by atoms with Crippen molar-refractivity contribution >= 4 is 22.8 Å². The quantitative estimate of drug-likeness (QED) is 0.394. The van der Waals surface area contributed by atoms with Crippen LogP contribution in [-0.4, -0.2) is 44.5 Å². The number of aryl methyl sites for hydroxylation is 1. The number of fused-ring (bicyclic) bond motifs is 1. The number of benzene rings is 2. The van der Waals surface area contributed by atoms with Crippen molar-refractivity contribution in [3.63, 3.8) is 0 Å². The summed E-state index contributed by atoms with van der Waals surface area (Å²) in [4.78, 5) is 12.2. The van der Waals surface area contributed by atoms with Gasteiger partial charge in [-0.2, -0.15) is 4.98 Å². The zero-order valence-electron chi connectivity index (χ0n) is 17.7. The Bertz CT molecular complexity index is 1240. The van der Waals surface area contributed by atoms with Gasteiger partial charge in [0.15, 0.2) is 5.65 Å². The third-order valence-corrected chi connectivity index (χ3v) is 6.51. The van der Waals surface area contributed by atoms with Gasteiger partial charge in [-0.25, -0.2) is 4.98 Å². The molecule has 2 heterocycles. The number of rotatable bonds is 6. The molecule has 0 amide bonds. The average Bonchev–Trinajstić information content (AvgIpc) is 3.17. The number of aromatic amines is 1. The van der Waals surface area contributed by atoms with Gasteiger partial charge in [0.05, 0.1) is 29.4 Å². The summed E-state index contributed by atoms with van der Waals surface area (Å²) in [6, 6.07) is 18.7. The second kappa shape index (κ2) is 8.20. The normalized spacial score (nSPS) is 15.6. The zero-order chi connectivity index (χ0) is 22.3. The third-order valence-electron chi connectivity index (χ3n) is 6.22.